The molecule has 1 aromatic carbocycles. The molecule has 4 amide bonds. The number of hydrogen-bond acceptors (Lipinski definition) is 3. The standard InChI is InChI=1S/C11H13N5O2/c1-12-10(17)14-8-4-2-7(3-5-8)9-6-13-16-11(18)15-9/h2-6,9H,1H3,(H2,12,14,17)(H2,15,16,18). The van der Waals surface area contributed by atoms with E-state index in [0.29, 0.717) is 5.69 Å². The lowest BCUT2D eigenvalue weighted by Gasteiger charge is -2.18. The number of carbonyl (C=O) groups excluding carboxylic acids is 2. The zero-order chi connectivity index (χ0) is 13.0. The first-order valence-electron chi connectivity index (χ1n) is 5.37. The molecule has 1 atom stereocenters. The molecule has 0 saturated heterocycles. The van der Waals surface area contributed by atoms with Crippen molar-refractivity contribution in [3.05, 3.63) is 29.8 Å². The van der Waals surface area contributed by atoms with Gasteiger partial charge in [-0.2, -0.15) is 5.10 Å². The highest BCUT2D eigenvalue weighted by Crippen LogP contribution is 2.16. The molecule has 1 aliphatic rings. The average Bonchev–Trinajstić information content (AvgIpc) is 2.39. The van der Waals surface area contributed by atoms with Crippen molar-refractivity contribution in [1.29, 1.82) is 0 Å². The van der Waals surface area contributed by atoms with E-state index in [1.807, 2.05) is 12.1 Å². The van der Waals surface area contributed by atoms with Crippen LogP contribution >= 0.6 is 0 Å². The normalized spacial score (nSPS) is 17.6. The van der Waals surface area contributed by atoms with Crippen LogP contribution in [0.25, 0.3) is 0 Å². The number of benzene rings is 1. The van der Waals surface area contributed by atoms with Crippen LogP contribution in [-0.2, 0) is 0 Å². The second-order valence-corrected chi connectivity index (χ2v) is 3.67. The molecule has 0 aromatic heterocycles. The fraction of sp³-hybridized carbons (Fsp3) is 0.182. The minimum atomic E-state index is -0.338. The van der Waals surface area contributed by atoms with Gasteiger partial charge in [-0.1, -0.05) is 12.1 Å². The summed E-state index contributed by atoms with van der Waals surface area (Å²) >= 11 is 0. The Labute approximate surface area is 104 Å². The van der Waals surface area contributed by atoms with E-state index in [1.54, 1.807) is 25.4 Å². The van der Waals surface area contributed by atoms with Gasteiger partial charge >= 0.3 is 12.1 Å². The van der Waals surface area contributed by atoms with Crippen LogP contribution in [0.15, 0.2) is 29.4 Å². The summed E-state index contributed by atoms with van der Waals surface area (Å²) in [6.45, 7) is 0. The molecule has 0 radical (unpaired) electrons. The third-order valence-electron chi connectivity index (χ3n) is 2.43. The Hall–Kier alpha value is -2.57. The molecule has 0 saturated carbocycles. The van der Waals surface area contributed by atoms with Crippen molar-refractivity contribution in [2.45, 2.75) is 6.04 Å². The molecule has 7 nitrogen and oxygen atoms in total. The summed E-state index contributed by atoms with van der Waals surface area (Å²) in [7, 11) is 1.55. The fourth-order valence-electron chi connectivity index (χ4n) is 1.52. The number of hydrazone groups is 1. The Morgan fingerprint density at radius 3 is 2.67 bits per heavy atom. The minimum absolute atomic E-state index is 0.257. The number of nitrogens with zero attached hydrogens (tertiary/aromatic N) is 1. The third kappa shape index (κ3) is 2.76. The maximum absolute atomic E-state index is 11.1. The van der Waals surface area contributed by atoms with Crippen LogP contribution in [0.2, 0.25) is 0 Å². The van der Waals surface area contributed by atoms with E-state index in [9.17, 15) is 9.59 Å². The molecule has 94 valence electrons. The van der Waals surface area contributed by atoms with Crippen molar-refractivity contribution < 1.29 is 9.59 Å². The highest BCUT2D eigenvalue weighted by atomic mass is 16.2. The molecule has 1 heterocycles. The Morgan fingerprint density at radius 2 is 2.06 bits per heavy atom. The Bertz CT molecular complexity index is 483. The van der Waals surface area contributed by atoms with Crippen LogP contribution in [0.5, 0.6) is 0 Å². The molecule has 7 heteroatoms. The smallest absolute Gasteiger partial charge is 0.335 e. The van der Waals surface area contributed by atoms with E-state index in [2.05, 4.69) is 26.5 Å². The zero-order valence-electron chi connectivity index (χ0n) is 9.73. The van der Waals surface area contributed by atoms with Gasteiger partial charge in [0.1, 0.15) is 0 Å². The summed E-state index contributed by atoms with van der Waals surface area (Å²) in [6.07, 6.45) is 1.60. The number of hydrogen-bond donors (Lipinski definition) is 4. The fourth-order valence-corrected chi connectivity index (χ4v) is 1.52. The molecule has 2 rings (SSSR count). The lowest BCUT2D eigenvalue weighted by atomic mass is 10.1. The van der Waals surface area contributed by atoms with Crippen molar-refractivity contribution in [2.75, 3.05) is 12.4 Å². The first kappa shape index (κ1) is 11.9. The topological polar surface area (TPSA) is 94.6 Å². The Kier molecular flexibility index (Phi) is 3.42. The molecule has 0 aliphatic carbocycles. The van der Waals surface area contributed by atoms with Gasteiger partial charge in [0, 0.05) is 12.7 Å². The quantitative estimate of drug-likeness (QED) is 0.621. The maximum Gasteiger partial charge on any atom is 0.335 e. The number of amides is 4. The lowest BCUT2D eigenvalue weighted by molar-refractivity contribution is 0.238. The van der Waals surface area contributed by atoms with Gasteiger partial charge < -0.3 is 16.0 Å². The lowest BCUT2D eigenvalue weighted by Crippen LogP contribution is -2.40. The van der Waals surface area contributed by atoms with Gasteiger partial charge in [-0.15, -0.1) is 0 Å². The Morgan fingerprint density at radius 1 is 1.33 bits per heavy atom. The number of urea groups is 2. The SMILES string of the molecule is CNC(=O)Nc1ccc(C2C=NNC(=O)N2)cc1. The molecule has 0 bridgehead atoms. The first-order valence-corrected chi connectivity index (χ1v) is 5.37. The van der Waals surface area contributed by atoms with Crippen LogP contribution in [0.3, 0.4) is 0 Å². The van der Waals surface area contributed by atoms with Crippen LogP contribution in [-0.4, -0.2) is 25.3 Å². The van der Waals surface area contributed by atoms with Crippen molar-refractivity contribution in [3.8, 4) is 0 Å². The molecule has 1 aromatic rings. The van der Waals surface area contributed by atoms with Crippen molar-refractivity contribution >= 4 is 24.0 Å². The number of nitrogens with one attached hydrogen (secondary N) is 4. The number of carbonyl (C=O) groups is 2. The van der Waals surface area contributed by atoms with E-state index >= 15 is 0 Å². The largest absolute Gasteiger partial charge is 0.341 e. The summed E-state index contributed by atoms with van der Waals surface area (Å²) in [5.74, 6) is 0. The van der Waals surface area contributed by atoms with Crippen molar-refractivity contribution in [3.63, 3.8) is 0 Å². The molecule has 0 fully saturated rings. The highest BCUT2D eigenvalue weighted by molar-refractivity contribution is 5.89. The summed E-state index contributed by atoms with van der Waals surface area (Å²) in [4.78, 5) is 22.2. The van der Waals surface area contributed by atoms with E-state index in [0.717, 1.165) is 5.56 Å². The van der Waals surface area contributed by atoms with E-state index < -0.39 is 0 Å². The summed E-state index contributed by atoms with van der Waals surface area (Å²) in [5.41, 5.74) is 3.84. The minimum Gasteiger partial charge on any atom is -0.341 e. The van der Waals surface area contributed by atoms with Gasteiger partial charge in [-0.3, -0.25) is 0 Å². The maximum atomic E-state index is 11.1. The summed E-state index contributed by atoms with van der Waals surface area (Å²) in [6, 6.07) is 6.27. The number of anilines is 1. The van der Waals surface area contributed by atoms with Gasteiger partial charge in [0.2, 0.25) is 0 Å². The zero-order valence-corrected chi connectivity index (χ0v) is 9.73. The average molecular weight is 247 g/mol. The summed E-state index contributed by atoms with van der Waals surface area (Å²) in [5, 5.41) is 11.5. The van der Waals surface area contributed by atoms with E-state index in [-0.39, 0.29) is 18.1 Å². The molecule has 1 aliphatic heterocycles. The molecule has 4 N–H and O–H groups in total. The van der Waals surface area contributed by atoms with Crippen molar-refractivity contribution in [1.82, 2.24) is 16.1 Å². The monoisotopic (exact) mass is 247 g/mol. The molecule has 0 spiro atoms. The van der Waals surface area contributed by atoms with Crippen LogP contribution in [0.4, 0.5) is 15.3 Å². The van der Waals surface area contributed by atoms with Gasteiger partial charge in [0.05, 0.1) is 12.3 Å². The molecule has 1 unspecified atom stereocenters. The molecular weight excluding hydrogens is 234 g/mol. The van der Waals surface area contributed by atoms with Gasteiger partial charge in [0.25, 0.3) is 0 Å². The summed E-state index contributed by atoms with van der Waals surface area (Å²) < 4.78 is 0. The predicted molar refractivity (Wildman–Crippen MR) is 67.4 cm³/mol. The second-order valence-electron chi connectivity index (χ2n) is 3.67. The van der Waals surface area contributed by atoms with Crippen LogP contribution < -0.4 is 21.4 Å². The van der Waals surface area contributed by atoms with Crippen LogP contribution in [0.1, 0.15) is 11.6 Å². The molecule has 18 heavy (non-hydrogen) atoms. The van der Waals surface area contributed by atoms with Gasteiger partial charge in [0.15, 0.2) is 0 Å². The molecular formula is C11H13N5O2. The second kappa shape index (κ2) is 5.17. The van der Waals surface area contributed by atoms with E-state index in [1.165, 1.54) is 0 Å². The Balaban J connectivity index is 2.07. The van der Waals surface area contributed by atoms with Crippen LogP contribution in [0, 0.1) is 0 Å². The predicted octanol–water partition coefficient (Wildman–Crippen LogP) is 0.778. The van der Waals surface area contributed by atoms with Gasteiger partial charge in [-0.25, -0.2) is 15.0 Å². The van der Waals surface area contributed by atoms with E-state index in [4.69, 9.17) is 0 Å². The third-order valence-corrected chi connectivity index (χ3v) is 2.43. The first-order chi connectivity index (χ1) is 8.69. The number of rotatable bonds is 2. The highest BCUT2D eigenvalue weighted by Gasteiger charge is 2.15. The van der Waals surface area contributed by atoms with Gasteiger partial charge in [-0.05, 0) is 17.7 Å². The van der Waals surface area contributed by atoms with Crippen molar-refractivity contribution in [2.24, 2.45) is 5.10 Å².